The van der Waals surface area contributed by atoms with Crippen LogP contribution in [0.1, 0.15) is 25.0 Å². The lowest BCUT2D eigenvalue weighted by atomic mass is 9.94. The van der Waals surface area contributed by atoms with Crippen LogP contribution < -0.4 is 5.32 Å². The van der Waals surface area contributed by atoms with Gasteiger partial charge >= 0.3 is 0 Å². The number of hydrogen-bond acceptors (Lipinski definition) is 3. The summed E-state index contributed by atoms with van der Waals surface area (Å²) in [6, 6.07) is 5.63. The van der Waals surface area contributed by atoms with Crippen LogP contribution in [0, 0.1) is 0 Å². The summed E-state index contributed by atoms with van der Waals surface area (Å²) in [5, 5.41) is 22.2. The normalized spacial score (nSPS) is 16.6. The average Bonchev–Trinajstić information content (AvgIpc) is 2.55. The molecule has 1 heterocycles. The Kier molecular flexibility index (Phi) is 2.93. The second-order valence-electron chi connectivity index (χ2n) is 5.09. The van der Waals surface area contributed by atoms with Crippen molar-refractivity contribution in [1.29, 1.82) is 0 Å². The van der Waals surface area contributed by atoms with E-state index in [1.54, 1.807) is 13.8 Å². The summed E-state index contributed by atoms with van der Waals surface area (Å²) in [5.74, 6) is 0.000173. The van der Waals surface area contributed by atoms with Gasteiger partial charge in [-0.1, -0.05) is 12.1 Å². The third-order valence-corrected chi connectivity index (χ3v) is 3.04. The highest BCUT2D eigenvalue weighted by molar-refractivity contribution is 5.99. The fourth-order valence-corrected chi connectivity index (χ4v) is 1.86. The molecule has 2 rings (SSSR count). The molecule has 4 heteroatoms. The largest absolute Gasteiger partial charge is 0.390 e. The summed E-state index contributed by atoms with van der Waals surface area (Å²) < 4.78 is 0. The molecule has 0 aliphatic carbocycles. The number of hydrogen-bond donors (Lipinski definition) is 3. The molecule has 0 bridgehead atoms. The molecule has 0 aromatic heterocycles. The van der Waals surface area contributed by atoms with Crippen LogP contribution >= 0.6 is 0 Å². The molecule has 1 atom stereocenters. The fraction of sp³-hybridized carbons (Fsp3) is 0.462. The molecule has 1 amide bonds. The third-order valence-electron chi connectivity index (χ3n) is 3.04. The van der Waals surface area contributed by atoms with Crippen molar-refractivity contribution in [2.24, 2.45) is 0 Å². The zero-order valence-electron chi connectivity index (χ0n) is 10.0. The predicted octanol–water partition coefficient (Wildman–Crippen LogP) is 0.855. The Balaban J connectivity index is 2.14. The van der Waals surface area contributed by atoms with Crippen LogP contribution in [0.15, 0.2) is 18.2 Å². The van der Waals surface area contributed by atoms with Gasteiger partial charge in [0.25, 0.3) is 0 Å². The van der Waals surface area contributed by atoms with Crippen molar-refractivity contribution in [2.45, 2.75) is 38.4 Å². The molecule has 92 valence electrons. The van der Waals surface area contributed by atoms with Crippen LogP contribution in [0.5, 0.6) is 0 Å². The quantitative estimate of drug-likeness (QED) is 0.727. The van der Waals surface area contributed by atoms with E-state index in [-0.39, 0.29) is 5.91 Å². The van der Waals surface area contributed by atoms with Crippen molar-refractivity contribution in [3.05, 3.63) is 29.3 Å². The third kappa shape index (κ3) is 2.65. The van der Waals surface area contributed by atoms with Crippen molar-refractivity contribution >= 4 is 11.6 Å². The first-order chi connectivity index (χ1) is 7.86. The zero-order chi connectivity index (χ0) is 12.6. The van der Waals surface area contributed by atoms with Crippen molar-refractivity contribution in [3.8, 4) is 0 Å². The van der Waals surface area contributed by atoms with Gasteiger partial charge in [0.15, 0.2) is 0 Å². The maximum Gasteiger partial charge on any atom is 0.228 e. The molecular formula is C13H17NO3. The standard InChI is InChI=1S/C13H17NO3/c1-13(2,17)11(15)6-8-3-4-9-7-12(16)14-10(9)5-8/h3-5,11,15,17H,6-7H2,1-2H3,(H,14,16). The fourth-order valence-electron chi connectivity index (χ4n) is 1.86. The molecule has 1 aromatic rings. The number of nitrogens with one attached hydrogen (secondary N) is 1. The molecule has 0 fully saturated rings. The Bertz CT molecular complexity index is 448. The number of aliphatic hydroxyl groups is 2. The molecule has 3 N–H and O–H groups in total. The summed E-state index contributed by atoms with van der Waals surface area (Å²) in [4.78, 5) is 11.2. The highest BCUT2D eigenvalue weighted by Crippen LogP contribution is 2.25. The number of carbonyl (C=O) groups excluding carboxylic acids is 1. The molecule has 1 aliphatic heterocycles. The number of anilines is 1. The summed E-state index contributed by atoms with van der Waals surface area (Å²) >= 11 is 0. The number of benzene rings is 1. The van der Waals surface area contributed by atoms with Crippen molar-refractivity contribution in [3.63, 3.8) is 0 Å². The van der Waals surface area contributed by atoms with Gasteiger partial charge in [-0.15, -0.1) is 0 Å². The van der Waals surface area contributed by atoms with Gasteiger partial charge < -0.3 is 15.5 Å². The van der Waals surface area contributed by atoms with Crippen molar-refractivity contribution < 1.29 is 15.0 Å². The first-order valence-corrected chi connectivity index (χ1v) is 5.68. The molecule has 17 heavy (non-hydrogen) atoms. The van der Waals surface area contributed by atoms with E-state index in [4.69, 9.17) is 0 Å². The Morgan fingerprint density at radius 1 is 1.47 bits per heavy atom. The molecule has 1 aliphatic rings. The summed E-state index contributed by atoms with van der Waals surface area (Å²) in [7, 11) is 0. The average molecular weight is 235 g/mol. The molecular weight excluding hydrogens is 218 g/mol. The Morgan fingerprint density at radius 2 is 2.18 bits per heavy atom. The Labute approximate surface area is 100 Å². The SMILES string of the molecule is CC(C)(O)C(O)Cc1ccc2c(c1)NC(=O)C2. The van der Waals surface area contributed by atoms with Crippen LogP contribution in [0.3, 0.4) is 0 Å². The van der Waals surface area contributed by atoms with E-state index >= 15 is 0 Å². The van der Waals surface area contributed by atoms with Crippen LogP contribution in [-0.2, 0) is 17.6 Å². The molecule has 4 nitrogen and oxygen atoms in total. The van der Waals surface area contributed by atoms with E-state index in [1.807, 2.05) is 18.2 Å². The molecule has 1 aromatic carbocycles. The minimum absolute atomic E-state index is 0.000173. The van der Waals surface area contributed by atoms with E-state index in [1.165, 1.54) is 0 Å². The minimum atomic E-state index is -1.12. The van der Waals surface area contributed by atoms with E-state index in [0.717, 1.165) is 16.8 Å². The summed E-state index contributed by atoms with van der Waals surface area (Å²) in [5.41, 5.74) is 1.58. The van der Waals surface area contributed by atoms with E-state index in [0.29, 0.717) is 12.8 Å². The number of aliphatic hydroxyl groups excluding tert-OH is 1. The number of rotatable bonds is 3. The van der Waals surface area contributed by atoms with E-state index in [2.05, 4.69) is 5.32 Å². The topological polar surface area (TPSA) is 69.6 Å². The summed E-state index contributed by atoms with van der Waals surface area (Å²) in [6.45, 7) is 3.15. The maximum absolute atomic E-state index is 11.2. The monoisotopic (exact) mass is 235 g/mol. The molecule has 0 saturated carbocycles. The van der Waals surface area contributed by atoms with Crippen molar-refractivity contribution in [1.82, 2.24) is 0 Å². The number of carbonyl (C=O) groups is 1. The van der Waals surface area contributed by atoms with Gasteiger partial charge in [-0.3, -0.25) is 4.79 Å². The second-order valence-corrected chi connectivity index (χ2v) is 5.09. The second kappa shape index (κ2) is 4.13. The lowest BCUT2D eigenvalue weighted by Crippen LogP contribution is -2.37. The van der Waals surface area contributed by atoms with Crippen LogP contribution in [0.2, 0.25) is 0 Å². The van der Waals surface area contributed by atoms with Gasteiger partial charge in [0.1, 0.15) is 0 Å². The number of amides is 1. The molecule has 0 radical (unpaired) electrons. The van der Waals surface area contributed by atoms with Crippen LogP contribution in [-0.4, -0.2) is 27.8 Å². The number of fused-ring (bicyclic) bond motifs is 1. The van der Waals surface area contributed by atoms with E-state index < -0.39 is 11.7 Å². The molecule has 1 unspecified atom stereocenters. The highest BCUT2D eigenvalue weighted by atomic mass is 16.3. The zero-order valence-corrected chi connectivity index (χ0v) is 10.0. The first-order valence-electron chi connectivity index (χ1n) is 5.68. The van der Waals surface area contributed by atoms with E-state index in [9.17, 15) is 15.0 Å². The Hall–Kier alpha value is -1.39. The van der Waals surface area contributed by atoms with Crippen LogP contribution in [0.25, 0.3) is 0 Å². The minimum Gasteiger partial charge on any atom is -0.390 e. The predicted molar refractivity (Wildman–Crippen MR) is 64.8 cm³/mol. The van der Waals surface area contributed by atoms with Gasteiger partial charge in [-0.25, -0.2) is 0 Å². The van der Waals surface area contributed by atoms with Gasteiger partial charge in [0.2, 0.25) is 5.91 Å². The highest BCUT2D eigenvalue weighted by Gasteiger charge is 2.25. The lowest BCUT2D eigenvalue weighted by Gasteiger charge is -2.24. The van der Waals surface area contributed by atoms with Crippen LogP contribution in [0.4, 0.5) is 5.69 Å². The maximum atomic E-state index is 11.2. The van der Waals surface area contributed by atoms with Gasteiger partial charge in [0, 0.05) is 12.1 Å². The van der Waals surface area contributed by atoms with Gasteiger partial charge in [-0.2, -0.15) is 0 Å². The Morgan fingerprint density at radius 3 is 2.82 bits per heavy atom. The van der Waals surface area contributed by atoms with Crippen molar-refractivity contribution in [2.75, 3.05) is 5.32 Å². The first kappa shape index (κ1) is 12.1. The molecule has 0 spiro atoms. The smallest absolute Gasteiger partial charge is 0.228 e. The molecule has 0 saturated heterocycles. The lowest BCUT2D eigenvalue weighted by molar-refractivity contribution is -0.115. The van der Waals surface area contributed by atoms with Gasteiger partial charge in [0.05, 0.1) is 18.1 Å². The summed E-state index contributed by atoms with van der Waals surface area (Å²) in [6.07, 6.45) is -0.0336. The van der Waals surface area contributed by atoms with Gasteiger partial charge in [-0.05, 0) is 31.0 Å².